The summed E-state index contributed by atoms with van der Waals surface area (Å²) in [5.74, 6) is -0.197. The first-order chi connectivity index (χ1) is 12.5. The minimum absolute atomic E-state index is 0.197. The predicted octanol–water partition coefficient (Wildman–Crippen LogP) is 3.54. The lowest BCUT2D eigenvalue weighted by molar-refractivity contribution is -0.0394. The second kappa shape index (κ2) is 7.01. The Morgan fingerprint density at radius 1 is 1.00 bits per heavy atom. The Kier molecular flexibility index (Phi) is 4.72. The second-order valence-corrected chi connectivity index (χ2v) is 7.78. The van der Waals surface area contributed by atoms with E-state index in [1.165, 1.54) is 0 Å². The van der Waals surface area contributed by atoms with Gasteiger partial charge in [0.2, 0.25) is 0 Å². The van der Waals surface area contributed by atoms with Crippen molar-refractivity contribution in [3.63, 3.8) is 0 Å². The van der Waals surface area contributed by atoms with Gasteiger partial charge in [-0.05, 0) is 67.6 Å². The van der Waals surface area contributed by atoms with E-state index in [-0.39, 0.29) is 5.82 Å². The minimum atomic E-state index is -0.697. The Morgan fingerprint density at radius 2 is 1.73 bits per heavy atom. The van der Waals surface area contributed by atoms with Crippen molar-refractivity contribution in [3.8, 4) is 0 Å². The van der Waals surface area contributed by atoms with Crippen molar-refractivity contribution in [1.82, 2.24) is 4.90 Å². The maximum atomic E-state index is 14.0. The molecule has 0 spiro atoms. The zero-order valence-electron chi connectivity index (χ0n) is 15.4. The summed E-state index contributed by atoms with van der Waals surface area (Å²) < 4.78 is 14.0. The van der Waals surface area contributed by atoms with E-state index in [4.69, 9.17) is 0 Å². The van der Waals surface area contributed by atoms with Gasteiger partial charge in [0.15, 0.2) is 0 Å². The summed E-state index contributed by atoms with van der Waals surface area (Å²) in [5.41, 5.74) is 3.55. The molecule has 1 N–H and O–H groups in total. The number of rotatable bonds is 4. The Bertz CT molecular complexity index is 779. The molecule has 2 aromatic carbocycles. The van der Waals surface area contributed by atoms with E-state index >= 15 is 0 Å². The lowest BCUT2D eigenvalue weighted by Gasteiger charge is -2.39. The molecular formula is C22H27FN2O. The smallest absolute Gasteiger partial charge is 0.123 e. The molecule has 0 bridgehead atoms. The maximum Gasteiger partial charge on any atom is 0.123 e. The van der Waals surface area contributed by atoms with Gasteiger partial charge in [0, 0.05) is 31.9 Å². The van der Waals surface area contributed by atoms with E-state index in [2.05, 4.69) is 22.9 Å². The van der Waals surface area contributed by atoms with Gasteiger partial charge in [-0.3, -0.25) is 0 Å². The summed E-state index contributed by atoms with van der Waals surface area (Å²) in [6, 6.07) is 13.2. The van der Waals surface area contributed by atoms with Gasteiger partial charge in [-0.1, -0.05) is 24.3 Å². The highest BCUT2D eigenvalue weighted by Gasteiger charge is 2.37. The van der Waals surface area contributed by atoms with Gasteiger partial charge in [0.1, 0.15) is 5.82 Å². The van der Waals surface area contributed by atoms with Gasteiger partial charge in [-0.15, -0.1) is 0 Å². The van der Waals surface area contributed by atoms with Crippen LogP contribution in [0.2, 0.25) is 0 Å². The molecule has 1 aliphatic heterocycles. The highest BCUT2D eigenvalue weighted by Crippen LogP contribution is 2.43. The van der Waals surface area contributed by atoms with Crippen LogP contribution in [-0.4, -0.2) is 43.2 Å². The molecule has 2 aliphatic rings. The molecule has 4 rings (SSSR count). The summed E-state index contributed by atoms with van der Waals surface area (Å²) >= 11 is 0. The topological polar surface area (TPSA) is 26.7 Å². The predicted molar refractivity (Wildman–Crippen MR) is 103 cm³/mol. The Hall–Kier alpha value is -1.91. The molecule has 1 aliphatic carbocycles. The molecule has 0 unspecified atom stereocenters. The quantitative estimate of drug-likeness (QED) is 0.910. The van der Waals surface area contributed by atoms with Crippen molar-refractivity contribution >= 4 is 5.69 Å². The normalized spacial score (nSPS) is 20.0. The molecule has 1 heterocycles. The van der Waals surface area contributed by atoms with Crippen LogP contribution < -0.4 is 4.90 Å². The Morgan fingerprint density at radius 3 is 2.42 bits per heavy atom. The largest absolute Gasteiger partial charge is 0.385 e. The minimum Gasteiger partial charge on any atom is -0.385 e. The maximum absolute atomic E-state index is 14.0. The molecule has 4 heteroatoms. The molecule has 1 saturated heterocycles. The lowest BCUT2D eigenvalue weighted by Crippen LogP contribution is -2.44. The van der Waals surface area contributed by atoms with Gasteiger partial charge in [0.25, 0.3) is 0 Å². The van der Waals surface area contributed by atoms with Crippen LogP contribution in [0.15, 0.2) is 42.5 Å². The van der Waals surface area contributed by atoms with Crippen LogP contribution in [0.5, 0.6) is 0 Å². The van der Waals surface area contributed by atoms with E-state index in [1.807, 2.05) is 24.3 Å². The number of piperazine rings is 1. The van der Waals surface area contributed by atoms with Gasteiger partial charge in [-0.2, -0.15) is 0 Å². The van der Waals surface area contributed by atoms with E-state index in [9.17, 15) is 9.50 Å². The average molecular weight is 354 g/mol. The van der Waals surface area contributed by atoms with Crippen LogP contribution in [0.25, 0.3) is 0 Å². The van der Waals surface area contributed by atoms with Gasteiger partial charge in [-0.25, -0.2) is 4.39 Å². The van der Waals surface area contributed by atoms with E-state index in [1.54, 1.807) is 12.1 Å². The number of anilines is 1. The van der Waals surface area contributed by atoms with Crippen LogP contribution >= 0.6 is 0 Å². The second-order valence-electron chi connectivity index (χ2n) is 7.78. The fourth-order valence-electron chi connectivity index (χ4n) is 4.17. The van der Waals surface area contributed by atoms with Crippen LogP contribution in [0.4, 0.5) is 10.1 Å². The zero-order valence-corrected chi connectivity index (χ0v) is 15.4. The SMILES string of the molecule is CN1CCN(c2ccc(F)cc2Cc2ccccc2C2(O)CCC2)CC1. The molecule has 0 radical (unpaired) electrons. The highest BCUT2D eigenvalue weighted by atomic mass is 19.1. The fraction of sp³-hybridized carbons (Fsp3) is 0.455. The van der Waals surface area contributed by atoms with E-state index in [0.717, 1.165) is 67.8 Å². The van der Waals surface area contributed by atoms with Crippen molar-refractivity contribution in [2.45, 2.75) is 31.3 Å². The number of hydrogen-bond acceptors (Lipinski definition) is 3. The van der Waals surface area contributed by atoms with Crippen LogP contribution in [0, 0.1) is 5.82 Å². The molecule has 0 atom stereocenters. The van der Waals surface area contributed by atoms with Crippen molar-refractivity contribution in [3.05, 3.63) is 65.0 Å². The number of nitrogens with zero attached hydrogens (tertiary/aromatic N) is 2. The fourth-order valence-corrected chi connectivity index (χ4v) is 4.17. The third-order valence-electron chi connectivity index (χ3n) is 5.97. The van der Waals surface area contributed by atoms with E-state index < -0.39 is 5.60 Å². The molecule has 1 saturated carbocycles. The summed E-state index contributed by atoms with van der Waals surface area (Å²) in [4.78, 5) is 4.68. The molecule has 2 aromatic rings. The molecule has 138 valence electrons. The summed E-state index contributed by atoms with van der Waals surface area (Å²) in [6.07, 6.45) is 3.35. The number of likely N-dealkylation sites (N-methyl/N-ethyl adjacent to an activating group) is 1. The number of halogens is 1. The van der Waals surface area contributed by atoms with Gasteiger partial charge >= 0.3 is 0 Å². The molecule has 0 amide bonds. The monoisotopic (exact) mass is 354 g/mol. The van der Waals surface area contributed by atoms with Gasteiger partial charge in [0.05, 0.1) is 5.60 Å². The third-order valence-corrected chi connectivity index (χ3v) is 5.97. The van der Waals surface area contributed by atoms with Crippen LogP contribution in [-0.2, 0) is 12.0 Å². The molecule has 3 nitrogen and oxygen atoms in total. The summed E-state index contributed by atoms with van der Waals surface area (Å²) in [7, 11) is 2.14. The third kappa shape index (κ3) is 3.36. The summed E-state index contributed by atoms with van der Waals surface area (Å²) in [6.45, 7) is 3.96. The Labute approximate surface area is 155 Å². The lowest BCUT2D eigenvalue weighted by atomic mass is 9.73. The molecule has 0 aromatic heterocycles. The first kappa shape index (κ1) is 17.5. The highest BCUT2D eigenvalue weighted by molar-refractivity contribution is 5.56. The number of benzene rings is 2. The van der Waals surface area contributed by atoms with Crippen molar-refractivity contribution < 1.29 is 9.50 Å². The molecular weight excluding hydrogens is 327 g/mol. The molecule has 2 fully saturated rings. The Balaban J connectivity index is 1.66. The van der Waals surface area contributed by atoms with Crippen LogP contribution in [0.1, 0.15) is 36.0 Å². The standard InChI is InChI=1S/C22H27FN2O/c1-24-11-13-25(14-12-24)21-8-7-19(23)16-18(21)15-17-5-2-3-6-20(17)22(26)9-4-10-22/h2-3,5-8,16,26H,4,9-15H2,1H3. The van der Waals surface area contributed by atoms with Crippen LogP contribution in [0.3, 0.4) is 0 Å². The van der Waals surface area contributed by atoms with Crippen molar-refractivity contribution in [2.24, 2.45) is 0 Å². The first-order valence-corrected chi connectivity index (χ1v) is 9.58. The number of aliphatic hydroxyl groups is 1. The van der Waals surface area contributed by atoms with Crippen molar-refractivity contribution in [2.75, 3.05) is 38.1 Å². The summed E-state index contributed by atoms with van der Waals surface area (Å²) in [5, 5.41) is 10.9. The first-order valence-electron chi connectivity index (χ1n) is 9.58. The molecule has 26 heavy (non-hydrogen) atoms. The average Bonchev–Trinajstić information content (AvgIpc) is 2.61. The van der Waals surface area contributed by atoms with E-state index in [0.29, 0.717) is 6.42 Å². The van der Waals surface area contributed by atoms with Gasteiger partial charge < -0.3 is 14.9 Å². The van der Waals surface area contributed by atoms with Crippen molar-refractivity contribution in [1.29, 1.82) is 0 Å². The zero-order chi connectivity index (χ0) is 18.1. The number of hydrogen-bond donors (Lipinski definition) is 1.